The first-order valence-corrected chi connectivity index (χ1v) is 9.16. The van der Waals surface area contributed by atoms with Crippen LogP contribution < -0.4 is 5.46 Å². The summed E-state index contributed by atoms with van der Waals surface area (Å²) in [6, 6.07) is 9.10. The van der Waals surface area contributed by atoms with Gasteiger partial charge in [0.15, 0.2) is 0 Å². The lowest BCUT2D eigenvalue weighted by molar-refractivity contribution is 0.00578. The Morgan fingerprint density at radius 3 is 2.56 bits per heavy atom. The van der Waals surface area contributed by atoms with E-state index in [4.69, 9.17) is 12.1 Å². The number of hydrogen-bond acceptors (Lipinski definition) is 4. The second-order valence-electron chi connectivity index (χ2n) is 8.18. The summed E-state index contributed by atoms with van der Waals surface area (Å²) >= 11 is 0. The molecule has 1 aromatic heterocycles. The molecule has 2 aromatic rings. The summed E-state index contributed by atoms with van der Waals surface area (Å²) < 4.78 is 29.1. The van der Waals surface area contributed by atoms with E-state index >= 15 is 0 Å². The van der Waals surface area contributed by atoms with Gasteiger partial charge in [-0.1, -0.05) is 18.2 Å². The molecule has 140 valence electrons. The van der Waals surface area contributed by atoms with Crippen molar-refractivity contribution in [3.8, 4) is 0 Å². The van der Waals surface area contributed by atoms with Gasteiger partial charge >= 0.3 is 7.12 Å². The van der Waals surface area contributed by atoms with Gasteiger partial charge in [0.2, 0.25) is 0 Å². The zero-order valence-electron chi connectivity index (χ0n) is 18.4. The average molecular weight is 366 g/mol. The van der Waals surface area contributed by atoms with Crippen LogP contribution in [0.4, 0.5) is 0 Å². The Morgan fingerprint density at radius 1 is 1.22 bits per heavy atom. The second kappa shape index (κ2) is 6.18. The second-order valence-corrected chi connectivity index (χ2v) is 8.18. The smallest absolute Gasteiger partial charge is 0.399 e. The van der Waals surface area contributed by atoms with Gasteiger partial charge in [-0.25, -0.2) is 0 Å². The Labute approximate surface area is 163 Å². The van der Waals surface area contributed by atoms with Gasteiger partial charge in [0.05, 0.1) is 31.7 Å². The Kier molecular flexibility index (Phi) is 3.62. The molecular formula is C21H25BN2O3. The summed E-state index contributed by atoms with van der Waals surface area (Å²) in [6.45, 7) is 8.23. The van der Waals surface area contributed by atoms with Crippen molar-refractivity contribution >= 4 is 18.5 Å². The van der Waals surface area contributed by atoms with Crippen LogP contribution in [0.1, 0.15) is 57.6 Å². The van der Waals surface area contributed by atoms with E-state index in [2.05, 4.69) is 4.98 Å². The van der Waals surface area contributed by atoms with Crippen molar-refractivity contribution in [1.82, 2.24) is 9.88 Å². The first-order valence-electron chi connectivity index (χ1n) is 10.2. The number of aryl methyl sites for hydroxylation is 1. The minimum absolute atomic E-state index is 0.164. The molecular weight excluding hydrogens is 339 g/mol. The number of nitrogens with zero attached hydrogens (tertiary/aromatic N) is 2. The van der Waals surface area contributed by atoms with Gasteiger partial charge in [0, 0.05) is 12.7 Å². The van der Waals surface area contributed by atoms with E-state index < -0.39 is 24.8 Å². The van der Waals surface area contributed by atoms with Crippen LogP contribution in [0.15, 0.2) is 36.5 Å². The molecule has 1 amide bonds. The lowest BCUT2D eigenvalue weighted by Crippen LogP contribution is -2.41. The van der Waals surface area contributed by atoms with Gasteiger partial charge in [-0.15, -0.1) is 0 Å². The topological polar surface area (TPSA) is 51.7 Å². The van der Waals surface area contributed by atoms with E-state index in [1.807, 2.05) is 52.8 Å². The normalized spacial score (nSPS) is 23.2. The SMILES string of the molecule is [2H]C1([2H])c2ncccc2C(=O)N1Cc1ccc(B2OC(C)(C)C(C)(C)O2)cc1C. The fourth-order valence-electron chi connectivity index (χ4n) is 3.29. The Balaban J connectivity index is 1.58. The molecule has 0 unspecified atom stereocenters. The number of aromatic nitrogens is 1. The van der Waals surface area contributed by atoms with Gasteiger partial charge in [-0.3, -0.25) is 9.78 Å². The van der Waals surface area contributed by atoms with Crippen molar-refractivity contribution in [2.45, 2.75) is 58.9 Å². The van der Waals surface area contributed by atoms with Crippen molar-refractivity contribution in [2.75, 3.05) is 0 Å². The fraction of sp³-hybridized carbons (Fsp3) is 0.429. The quantitative estimate of drug-likeness (QED) is 0.784. The van der Waals surface area contributed by atoms with Crippen molar-refractivity contribution in [1.29, 1.82) is 0 Å². The lowest BCUT2D eigenvalue weighted by Gasteiger charge is -2.32. The third-order valence-electron chi connectivity index (χ3n) is 5.74. The zero-order chi connectivity index (χ0) is 21.2. The third kappa shape index (κ3) is 3.07. The summed E-state index contributed by atoms with van der Waals surface area (Å²) in [7, 11) is -0.457. The van der Waals surface area contributed by atoms with Gasteiger partial charge in [-0.2, -0.15) is 0 Å². The molecule has 0 aliphatic carbocycles. The minimum atomic E-state index is -1.94. The van der Waals surface area contributed by atoms with E-state index in [1.54, 1.807) is 12.1 Å². The highest BCUT2D eigenvalue weighted by Gasteiger charge is 2.51. The van der Waals surface area contributed by atoms with Crippen molar-refractivity contribution < 1.29 is 16.8 Å². The molecule has 0 bridgehead atoms. The van der Waals surface area contributed by atoms with Gasteiger partial charge in [0.25, 0.3) is 5.91 Å². The van der Waals surface area contributed by atoms with Crippen LogP contribution in [-0.2, 0) is 22.4 Å². The number of pyridine rings is 1. The van der Waals surface area contributed by atoms with E-state index in [9.17, 15) is 4.79 Å². The molecule has 3 heterocycles. The van der Waals surface area contributed by atoms with E-state index in [0.717, 1.165) is 16.6 Å². The van der Waals surface area contributed by atoms with E-state index in [1.165, 1.54) is 11.1 Å². The molecule has 0 spiro atoms. The third-order valence-corrected chi connectivity index (χ3v) is 5.74. The number of carbonyl (C=O) groups excluding carboxylic acids is 1. The molecule has 0 N–H and O–H groups in total. The average Bonchev–Trinajstić information content (AvgIpc) is 2.97. The summed E-state index contributed by atoms with van der Waals surface area (Å²) in [5.74, 6) is -0.340. The molecule has 0 atom stereocenters. The fourth-order valence-corrected chi connectivity index (χ4v) is 3.29. The van der Waals surface area contributed by atoms with Crippen LogP contribution in [0, 0.1) is 6.92 Å². The number of amides is 1. The van der Waals surface area contributed by atoms with Crippen molar-refractivity contribution in [3.63, 3.8) is 0 Å². The molecule has 0 saturated carbocycles. The Bertz CT molecular complexity index is 978. The number of hydrogen-bond donors (Lipinski definition) is 0. The van der Waals surface area contributed by atoms with Crippen molar-refractivity contribution in [3.05, 3.63) is 58.9 Å². The molecule has 1 saturated heterocycles. The maximum atomic E-state index is 12.8. The first kappa shape index (κ1) is 15.8. The number of benzene rings is 1. The molecule has 1 aromatic carbocycles. The van der Waals surface area contributed by atoms with Crippen LogP contribution in [0.5, 0.6) is 0 Å². The highest BCUT2D eigenvalue weighted by Crippen LogP contribution is 2.36. The monoisotopic (exact) mass is 366 g/mol. The first-order chi connectivity index (χ1) is 13.4. The number of carbonyl (C=O) groups is 1. The van der Waals surface area contributed by atoms with Gasteiger partial charge in [0.1, 0.15) is 0 Å². The summed E-state index contributed by atoms with van der Waals surface area (Å²) in [6.07, 6.45) is 1.51. The molecule has 5 nitrogen and oxygen atoms in total. The zero-order valence-corrected chi connectivity index (χ0v) is 16.4. The van der Waals surface area contributed by atoms with Crippen LogP contribution in [-0.4, -0.2) is 34.1 Å². The number of rotatable bonds is 3. The molecule has 27 heavy (non-hydrogen) atoms. The molecule has 2 aliphatic rings. The van der Waals surface area contributed by atoms with Crippen molar-refractivity contribution in [2.24, 2.45) is 0 Å². The van der Waals surface area contributed by atoms with Crippen LogP contribution in [0.25, 0.3) is 0 Å². The molecule has 0 radical (unpaired) electrons. The van der Waals surface area contributed by atoms with E-state index in [-0.39, 0.29) is 18.1 Å². The maximum absolute atomic E-state index is 12.8. The maximum Gasteiger partial charge on any atom is 0.494 e. The number of fused-ring (bicyclic) bond motifs is 1. The summed E-state index contributed by atoms with van der Waals surface area (Å²) in [5.41, 5.74) is 2.40. The predicted molar refractivity (Wildman–Crippen MR) is 105 cm³/mol. The Morgan fingerprint density at radius 2 is 1.93 bits per heavy atom. The van der Waals surface area contributed by atoms with Crippen LogP contribution >= 0.6 is 0 Å². The largest absolute Gasteiger partial charge is 0.494 e. The summed E-state index contributed by atoms with van der Waals surface area (Å²) in [5, 5.41) is 0. The van der Waals surface area contributed by atoms with Gasteiger partial charge in [-0.05, 0) is 63.3 Å². The highest BCUT2D eigenvalue weighted by atomic mass is 16.7. The molecule has 4 rings (SSSR count). The molecule has 6 heteroatoms. The van der Waals surface area contributed by atoms with Gasteiger partial charge < -0.3 is 14.2 Å². The van der Waals surface area contributed by atoms with Crippen LogP contribution in [0.3, 0.4) is 0 Å². The molecule has 2 aliphatic heterocycles. The molecule has 1 fully saturated rings. The lowest BCUT2D eigenvalue weighted by atomic mass is 9.78. The standard InChI is InChI=1S/C21H25BN2O3/c1-14-11-16(22-26-20(2,3)21(4,5)27-22)9-8-15(14)12-24-13-18-17(19(24)25)7-6-10-23-18/h6-11H,12-13H2,1-5H3/i13D2. The summed E-state index contributed by atoms with van der Waals surface area (Å²) in [4.78, 5) is 18.1. The Hall–Kier alpha value is -2.18. The van der Waals surface area contributed by atoms with E-state index in [0.29, 0.717) is 5.56 Å². The highest BCUT2D eigenvalue weighted by molar-refractivity contribution is 6.62. The minimum Gasteiger partial charge on any atom is -0.399 e. The predicted octanol–water partition coefficient (Wildman–Crippen LogP) is 2.85. The van der Waals surface area contributed by atoms with Crippen LogP contribution in [0.2, 0.25) is 0 Å².